The summed E-state index contributed by atoms with van der Waals surface area (Å²) in [4.78, 5) is 50.8. The van der Waals surface area contributed by atoms with Crippen LogP contribution in [0.1, 0.15) is 96.1 Å². The molecule has 0 spiro atoms. The third-order valence-corrected chi connectivity index (χ3v) is 15.7. The van der Waals surface area contributed by atoms with Gasteiger partial charge in [-0.15, -0.1) is 32.9 Å². The van der Waals surface area contributed by atoms with Crippen LogP contribution >= 0.6 is 34.3 Å². The second kappa shape index (κ2) is 20.7. The largest absolute Gasteiger partial charge is 0.492 e. The third-order valence-electron chi connectivity index (χ3n) is 13.2. The molecule has 7 aromatic rings. The maximum absolute atomic E-state index is 15.2. The molecule has 18 heteroatoms. The van der Waals surface area contributed by atoms with Gasteiger partial charge in [-0.05, 0) is 104 Å². The number of ether oxygens (including phenoxy) is 1. The molecule has 368 valence electrons. The molecule has 3 aromatic carbocycles. The number of hydrogen-bond acceptors (Lipinski definition) is 11. The van der Waals surface area contributed by atoms with Gasteiger partial charge in [-0.2, -0.15) is 5.10 Å². The zero-order valence-corrected chi connectivity index (χ0v) is 42.8. The van der Waals surface area contributed by atoms with Crippen LogP contribution in [-0.2, 0) is 14.4 Å². The molecule has 3 N–H and O–H groups in total. The fourth-order valence-electron chi connectivity index (χ4n) is 9.36. The predicted octanol–water partition coefficient (Wildman–Crippen LogP) is 9.46. The number of halogens is 2. The van der Waals surface area contributed by atoms with Crippen molar-refractivity contribution in [2.24, 2.45) is 10.9 Å². The van der Waals surface area contributed by atoms with Gasteiger partial charge >= 0.3 is 0 Å². The number of likely N-dealkylation sites (tertiary alicyclic amines) is 1. The number of amides is 3. The molecular weight excluding hydrogens is 961 g/mol. The fraction of sp³-hybridized carbons (Fsp3) is 0.340. The van der Waals surface area contributed by atoms with Gasteiger partial charge in [-0.25, -0.2) is 4.39 Å². The van der Waals surface area contributed by atoms with Crippen molar-refractivity contribution in [2.75, 3.05) is 19.7 Å². The van der Waals surface area contributed by atoms with E-state index in [1.54, 1.807) is 41.1 Å². The number of carbonyl (C=O) groups is 3. The molecule has 9 rings (SSSR count). The van der Waals surface area contributed by atoms with Crippen LogP contribution in [-0.4, -0.2) is 89.8 Å². The van der Waals surface area contributed by atoms with Gasteiger partial charge in [0.05, 0.1) is 37.0 Å². The quantitative estimate of drug-likeness (QED) is 0.0854. The van der Waals surface area contributed by atoms with E-state index in [0.717, 1.165) is 43.4 Å². The molecule has 0 radical (unpaired) electrons. The Morgan fingerprint density at radius 3 is 2.41 bits per heavy atom. The molecule has 0 bridgehead atoms. The summed E-state index contributed by atoms with van der Waals surface area (Å²) < 4.78 is 24.7. The molecule has 6 heterocycles. The van der Waals surface area contributed by atoms with Crippen molar-refractivity contribution in [3.05, 3.63) is 146 Å². The van der Waals surface area contributed by atoms with Crippen molar-refractivity contribution < 1.29 is 28.6 Å². The van der Waals surface area contributed by atoms with Gasteiger partial charge in [-0.3, -0.25) is 28.6 Å². The summed E-state index contributed by atoms with van der Waals surface area (Å²) >= 11 is 9.58. The highest BCUT2D eigenvalue weighted by Gasteiger charge is 2.43. The number of aromatic nitrogens is 5. The molecule has 71 heavy (non-hydrogen) atoms. The van der Waals surface area contributed by atoms with E-state index < -0.39 is 30.0 Å². The highest BCUT2D eigenvalue weighted by atomic mass is 35.5. The summed E-state index contributed by atoms with van der Waals surface area (Å²) in [6.45, 7) is 14.0. The Morgan fingerprint density at radius 1 is 0.944 bits per heavy atom. The number of β-amino-alcohol motifs (C(OH)–C–C–N with tert-alkyl or cyclic N) is 1. The summed E-state index contributed by atoms with van der Waals surface area (Å²) in [7, 11) is 0. The Bertz CT molecular complexity index is 3140. The maximum atomic E-state index is 15.2. The van der Waals surface area contributed by atoms with Gasteiger partial charge in [0.25, 0.3) is 0 Å². The Labute approximate surface area is 424 Å². The van der Waals surface area contributed by atoms with Crippen molar-refractivity contribution in [3.63, 3.8) is 0 Å². The minimum absolute atomic E-state index is 0.000558. The van der Waals surface area contributed by atoms with Gasteiger partial charge < -0.3 is 25.4 Å². The number of nitrogens with one attached hydrogen (secondary N) is 2. The van der Waals surface area contributed by atoms with Gasteiger partial charge in [0.2, 0.25) is 17.7 Å². The molecule has 1 fully saturated rings. The van der Waals surface area contributed by atoms with Crippen LogP contribution in [0.4, 0.5) is 4.39 Å². The van der Waals surface area contributed by atoms with Crippen LogP contribution in [0.25, 0.3) is 26.6 Å². The first-order chi connectivity index (χ1) is 34.0. The first-order valence-corrected chi connectivity index (χ1v) is 25.7. The van der Waals surface area contributed by atoms with E-state index in [-0.39, 0.29) is 68.0 Å². The molecule has 0 unspecified atom stereocenters. The van der Waals surface area contributed by atoms with Crippen molar-refractivity contribution in [1.82, 2.24) is 40.1 Å². The monoisotopic (exact) mass is 1020 g/mol. The van der Waals surface area contributed by atoms with Crippen LogP contribution in [0.15, 0.2) is 95.6 Å². The number of nitrogens with zero attached hydrogens (tertiary/aromatic N) is 7. The van der Waals surface area contributed by atoms with E-state index in [4.69, 9.17) is 21.3 Å². The fourth-order valence-corrected chi connectivity index (χ4v) is 11.6. The number of aliphatic imine (C=N–C) groups is 1. The van der Waals surface area contributed by atoms with Crippen molar-refractivity contribution in [3.8, 4) is 32.3 Å². The number of hydrogen-bond donors (Lipinski definition) is 3. The lowest BCUT2D eigenvalue weighted by atomic mass is 9.99. The molecule has 0 saturated carbocycles. The minimum atomic E-state index is -0.885. The maximum Gasteiger partial charge on any atom is 0.248 e. The first kappa shape index (κ1) is 49.5. The lowest BCUT2D eigenvalue weighted by Gasteiger charge is -2.30. The highest BCUT2D eigenvalue weighted by molar-refractivity contribution is 7.15. The van der Waals surface area contributed by atoms with Crippen molar-refractivity contribution >= 4 is 57.7 Å². The Morgan fingerprint density at radius 2 is 1.69 bits per heavy atom. The van der Waals surface area contributed by atoms with Crippen LogP contribution in [0, 0.1) is 39.4 Å². The molecule has 5 atom stereocenters. The average Bonchev–Trinajstić information content (AvgIpc) is 4.19. The topological polar surface area (TPSA) is 169 Å². The Kier molecular flexibility index (Phi) is 14.4. The van der Waals surface area contributed by atoms with E-state index in [2.05, 4.69) is 58.1 Å². The van der Waals surface area contributed by atoms with Crippen molar-refractivity contribution in [2.45, 2.75) is 91.6 Å². The number of carbonyl (C=O) groups excluding carboxylic acids is 3. The van der Waals surface area contributed by atoms with Gasteiger partial charge in [0.15, 0.2) is 5.82 Å². The number of thiophene rings is 2. The minimum Gasteiger partial charge on any atom is -0.492 e. The summed E-state index contributed by atoms with van der Waals surface area (Å²) in [5.74, 6) is -0.294. The van der Waals surface area contributed by atoms with E-state index >= 15 is 4.39 Å². The zero-order valence-electron chi connectivity index (χ0n) is 40.4. The highest BCUT2D eigenvalue weighted by Crippen LogP contribution is 2.40. The number of aliphatic hydroxyl groups is 1. The van der Waals surface area contributed by atoms with E-state index in [1.165, 1.54) is 32.2 Å². The number of aryl methyl sites for hydroxylation is 3. The molecule has 1 saturated heterocycles. The SMILES string of the molecule is Cc1ccsc1-c1ccc([C@H](C)NC(=O)[C@@H]2C[C@@H](O)CN2C(=O)[C@H](C(C)C)n2cc(-c3cc(F)cc(OCCNC(=O)C[C@@H]4N=C(c5ccc(Cl)cc5)c5c(sc(C)c5C)-n5c(C)nnc54)c3)cn2)cc1. The molecule has 4 aromatic heterocycles. The van der Waals surface area contributed by atoms with E-state index in [9.17, 15) is 19.5 Å². The van der Waals surface area contributed by atoms with Crippen LogP contribution in [0.3, 0.4) is 0 Å². The zero-order chi connectivity index (χ0) is 50.2. The number of benzene rings is 3. The van der Waals surface area contributed by atoms with Gasteiger partial charge in [-0.1, -0.05) is 61.8 Å². The van der Waals surface area contributed by atoms with Crippen LogP contribution in [0.2, 0.25) is 5.02 Å². The molecule has 14 nitrogen and oxygen atoms in total. The second-order valence-electron chi connectivity index (χ2n) is 18.6. The Hall–Kier alpha value is -6.53. The van der Waals surface area contributed by atoms with Gasteiger partial charge in [0.1, 0.15) is 47.1 Å². The van der Waals surface area contributed by atoms with E-state index in [0.29, 0.717) is 27.8 Å². The average molecular weight is 1020 g/mol. The van der Waals surface area contributed by atoms with E-state index in [1.807, 2.05) is 80.8 Å². The van der Waals surface area contributed by atoms with Gasteiger partial charge in [0, 0.05) is 56.7 Å². The standard InChI is InChI=1S/C53H55ClFN9O5S2/c1-28(2)48(52(68)62-27-41(65)23-44(62)51(67)58-31(5)34-8-10-36(11-9-34)49-29(3)16-19-70-49)63-26-38(25-57-63)37-20-40(55)22-42(21-37)69-18-17-56-45(66)24-43-50-61-60-33(7)64(50)53-46(30(4)32(6)71-53)47(59-43)35-12-14-39(54)15-13-35/h8-16,19-22,25-26,28,31,41,43-44,48,65H,17-18,23-24,27H2,1-7H3,(H,56,66)(H,58,67)/t31-,41+,43-,44-,48-/m0/s1. The first-order valence-electron chi connectivity index (χ1n) is 23.6. The predicted molar refractivity (Wildman–Crippen MR) is 275 cm³/mol. The number of rotatable bonds is 15. The van der Waals surface area contributed by atoms with Crippen LogP contribution in [0.5, 0.6) is 5.75 Å². The molecular formula is C53H55ClFN9O5S2. The number of aliphatic hydroxyl groups excluding tert-OH is 1. The summed E-state index contributed by atoms with van der Waals surface area (Å²) in [6.07, 6.45) is 2.44. The number of fused-ring (bicyclic) bond motifs is 3. The van der Waals surface area contributed by atoms with Crippen molar-refractivity contribution in [1.29, 1.82) is 0 Å². The molecule has 2 aliphatic rings. The normalized spacial score (nSPS) is 17.3. The second-order valence-corrected chi connectivity index (χ2v) is 21.1. The molecule has 3 amide bonds. The smallest absolute Gasteiger partial charge is 0.248 e. The summed E-state index contributed by atoms with van der Waals surface area (Å²) in [5.41, 5.74) is 7.91. The summed E-state index contributed by atoms with van der Waals surface area (Å²) in [6, 6.07) is 19.3. The molecule has 2 aliphatic heterocycles. The summed E-state index contributed by atoms with van der Waals surface area (Å²) in [5, 5.41) is 33.8. The Balaban J connectivity index is 0.837. The van der Waals surface area contributed by atoms with Crippen LogP contribution < -0.4 is 15.4 Å². The lowest BCUT2D eigenvalue weighted by molar-refractivity contribution is -0.142. The molecule has 0 aliphatic carbocycles. The third kappa shape index (κ3) is 10.3. The lowest BCUT2D eigenvalue weighted by Crippen LogP contribution is -2.49.